The largest absolute Gasteiger partial charge is 0.335 e. The third-order valence-electron chi connectivity index (χ3n) is 5.49. The summed E-state index contributed by atoms with van der Waals surface area (Å²) in [7, 11) is 0. The van der Waals surface area contributed by atoms with Crippen LogP contribution >= 0.6 is 0 Å². The summed E-state index contributed by atoms with van der Waals surface area (Å²) >= 11 is 0. The Labute approximate surface area is 158 Å². The van der Waals surface area contributed by atoms with Gasteiger partial charge in [-0.15, -0.1) is 0 Å². The fourth-order valence-electron chi connectivity index (χ4n) is 4.05. The van der Waals surface area contributed by atoms with Gasteiger partial charge in [0.25, 0.3) is 0 Å². The molecular weight excluding hydrogens is 340 g/mol. The Morgan fingerprint density at radius 2 is 1.52 bits per heavy atom. The zero-order valence-electron chi connectivity index (χ0n) is 15.2. The molecule has 0 unspecified atom stereocenters. The maximum Gasteiger partial charge on any atom is 0.230 e. The molecule has 0 aromatic heterocycles. The van der Waals surface area contributed by atoms with Gasteiger partial charge in [0.15, 0.2) is 11.6 Å². The second-order valence-corrected chi connectivity index (χ2v) is 7.29. The number of ketones is 2. The molecule has 138 valence electrons. The van der Waals surface area contributed by atoms with E-state index in [4.69, 9.17) is 0 Å². The number of quaternary nitrogens is 1. The fourth-order valence-corrected chi connectivity index (χ4v) is 4.05. The minimum Gasteiger partial charge on any atom is -0.335 e. The molecule has 2 aromatic rings. The number of fused-ring (bicyclic) bond motifs is 2. The predicted octanol–water partition coefficient (Wildman–Crippen LogP) is 1.86. The van der Waals surface area contributed by atoms with Gasteiger partial charge in [0, 0.05) is 16.7 Å². The molecule has 1 heterocycles. The van der Waals surface area contributed by atoms with Gasteiger partial charge in [-0.3, -0.25) is 14.4 Å². The number of likely N-dealkylation sites (tertiary alicyclic amines) is 1. The van der Waals surface area contributed by atoms with Crippen molar-refractivity contribution in [3.63, 3.8) is 0 Å². The predicted molar refractivity (Wildman–Crippen MR) is 102 cm³/mol. The molecular formula is C22H23N2O3+. The first kappa shape index (κ1) is 17.6. The molecule has 1 aliphatic heterocycles. The van der Waals surface area contributed by atoms with E-state index in [9.17, 15) is 14.4 Å². The maximum absolute atomic E-state index is 13.0. The summed E-state index contributed by atoms with van der Waals surface area (Å²) in [6.45, 7) is 3.05. The Bertz CT molecular complexity index is 914. The van der Waals surface area contributed by atoms with Crippen molar-refractivity contribution < 1.29 is 19.3 Å². The Balaban J connectivity index is 1.54. The number of benzene rings is 2. The number of rotatable bonds is 4. The third-order valence-corrected chi connectivity index (χ3v) is 5.49. The van der Waals surface area contributed by atoms with Crippen LogP contribution in [0.2, 0.25) is 0 Å². The van der Waals surface area contributed by atoms with Gasteiger partial charge in [-0.2, -0.15) is 0 Å². The van der Waals surface area contributed by atoms with Crippen LogP contribution in [0.4, 0.5) is 5.69 Å². The zero-order chi connectivity index (χ0) is 18.8. The highest BCUT2D eigenvalue weighted by Crippen LogP contribution is 2.31. The first-order chi connectivity index (χ1) is 13.1. The minimum atomic E-state index is -0.210. The lowest BCUT2D eigenvalue weighted by atomic mass is 9.83. The van der Waals surface area contributed by atoms with E-state index in [1.807, 2.05) is 0 Å². The van der Waals surface area contributed by atoms with E-state index in [1.54, 1.807) is 42.5 Å². The molecule has 0 radical (unpaired) electrons. The number of hydrogen-bond donors (Lipinski definition) is 2. The van der Waals surface area contributed by atoms with Crippen molar-refractivity contribution in [3.8, 4) is 0 Å². The van der Waals surface area contributed by atoms with Gasteiger partial charge in [0.05, 0.1) is 37.3 Å². The molecule has 5 heteroatoms. The fraction of sp³-hybridized carbons (Fsp3) is 0.318. The van der Waals surface area contributed by atoms with Gasteiger partial charge >= 0.3 is 0 Å². The third kappa shape index (κ3) is 3.43. The maximum atomic E-state index is 13.0. The smallest absolute Gasteiger partial charge is 0.230 e. The van der Waals surface area contributed by atoms with E-state index in [-0.39, 0.29) is 17.5 Å². The van der Waals surface area contributed by atoms with Crippen molar-refractivity contribution in [2.24, 2.45) is 0 Å². The molecule has 0 atom stereocenters. The molecule has 27 heavy (non-hydrogen) atoms. The number of anilines is 1. The van der Waals surface area contributed by atoms with Crippen molar-refractivity contribution >= 4 is 23.2 Å². The molecule has 0 spiro atoms. The number of nitrogens with one attached hydrogen (secondary N) is 2. The van der Waals surface area contributed by atoms with Crippen LogP contribution in [-0.4, -0.2) is 37.1 Å². The van der Waals surface area contributed by atoms with Crippen LogP contribution in [0.25, 0.3) is 0 Å². The van der Waals surface area contributed by atoms with Crippen LogP contribution in [0, 0.1) is 0 Å². The van der Waals surface area contributed by atoms with Crippen molar-refractivity contribution in [1.29, 1.82) is 0 Å². The summed E-state index contributed by atoms with van der Waals surface area (Å²) < 4.78 is 0. The van der Waals surface area contributed by atoms with E-state index in [0.717, 1.165) is 19.6 Å². The lowest BCUT2D eigenvalue weighted by molar-refractivity contribution is -0.904. The molecule has 2 N–H and O–H groups in total. The number of amides is 1. The average molecular weight is 363 g/mol. The minimum absolute atomic E-state index is 0.111. The number of carbonyl (C=O) groups is 3. The first-order valence-electron chi connectivity index (χ1n) is 9.60. The highest BCUT2D eigenvalue weighted by molar-refractivity contribution is 6.30. The molecule has 4 rings (SSSR count). The number of carbonyl (C=O) groups excluding carboxylic acids is 3. The molecule has 2 aliphatic rings. The number of piperidine rings is 1. The Morgan fingerprint density at radius 3 is 2.26 bits per heavy atom. The van der Waals surface area contributed by atoms with Crippen molar-refractivity contribution in [3.05, 3.63) is 64.7 Å². The Kier molecular flexibility index (Phi) is 4.86. The van der Waals surface area contributed by atoms with Crippen molar-refractivity contribution in [1.82, 2.24) is 0 Å². The van der Waals surface area contributed by atoms with Gasteiger partial charge in [-0.05, 0) is 25.3 Å². The summed E-state index contributed by atoms with van der Waals surface area (Å²) in [6, 6.07) is 11.9. The van der Waals surface area contributed by atoms with Crippen LogP contribution in [0.1, 0.15) is 57.5 Å². The Hall–Kier alpha value is -2.79. The lowest BCUT2D eigenvalue weighted by Crippen LogP contribution is -3.12. The van der Waals surface area contributed by atoms with Gasteiger partial charge in [-0.25, -0.2) is 0 Å². The summed E-state index contributed by atoms with van der Waals surface area (Å²) in [6.07, 6.45) is 4.14. The van der Waals surface area contributed by atoms with Crippen molar-refractivity contribution in [2.45, 2.75) is 25.7 Å². The van der Waals surface area contributed by atoms with E-state index in [0.29, 0.717) is 34.4 Å². The monoisotopic (exact) mass is 363 g/mol. The molecule has 1 saturated heterocycles. The second kappa shape index (κ2) is 7.45. The second-order valence-electron chi connectivity index (χ2n) is 7.29. The van der Waals surface area contributed by atoms with E-state index >= 15 is 0 Å². The van der Waals surface area contributed by atoms with Crippen LogP contribution in [0.15, 0.2) is 42.5 Å². The summed E-state index contributed by atoms with van der Waals surface area (Å²) in [4.78, 5) is 39.6. The average Bonchev–Trinajstić information content (AvgIpc) is 2.71. The highest BCUT2D eigenvalue weighted by atomic mass is 16.2. The molecule has 2 aromatic carbocycles. The van der Waals surface area contributed by atoms with Gasteiger partial charge in [0.2, 0.25) is 5.91 Å². The van der Waals surface area contributed by atoms with Crippen LogP contribution < -0.4 is 10.2 Å². The normalized spacial score (nSPS) is 16.6. The molecule has 1 fully saturated rings. The number of hydrogen-bond acceptors (Lipinski definition) is 3. The van der Waals surface area contributed by atoms with Crippen LogP contribution in [0.3, 0.4) is 0 Å². The molecule has 5 nitrogen and oxygen atoms in total. The topological polar surface area (TPSA) is 67.7 Å². The summed E-state index contributed by atoms with van der Waals surface area (Å²) in [5.41, 5.74) is 1.92. The Morgan fingerprint density at radius 1 is 0.852 bits per heavy atom. The first-order valence-corrected chi connectivity index (χ1v) is 9.60. The molecule has 0 bridgehead atoms. The summed E-state index contributed by atoms with van der Waals surface area (Å²) in [5, 5.41) is 2.87. The van der Waals surface area contributed by atoms with Crippen molar-refractivity contribution in [2.75, 3.05) is 25.0 Å². The van der Waals surface area contributed by atoms with Gasteiger partial charge in [0.1, 0.15) is 0 Å². The SMILES string of the molecule is O=C(CC[NH+]1CCCCC1)Nc1cccc2c1C(=O)c1ccccc1C2=O. The lowest BCUT2D eigenvalue weighted by Gasteiger charge is -2.23. The van der Waals surface area contributed by atoms with E-state index in [1.165, 1.54) is 24.2 Å². The van der Waals surface area contributed by atoms with Crippen LogP contribution in [0.5, 0.6) is 0 Å². The molecule has 1 aliphatic carbocycles. The standard InChI is InChI=1S/C22H22N2O3/c25-19(11-14-24-12-4-1-5-13-24)23-18-10-6-9-17-20(18)22(27)16-8-3-2-7-15(16)21(17)26/h2-3,6-10H,1,4-5,11-14H2,(H,23,25)/p+1. The van der Waals surface area contributed by atoms with E-state index < -0.39 is 0 Å². The molecule has 0 saturated carbocycles. The zero-order valence-corrected chi connectivity index (χ0v) is 15.2. The van der Waals surface area contributed by atoms with Crippen LogP contribution in [-0.2, 0) is 4.79 Å². The summed E-state index contributed by atoms with van der Waals surface area (Å²) in [5.74, 6) is -0.493. The molecule has 1 amide bonds. The highest BCUT2D eigenvalue weighted by Gasteiger charge is 2.31. The van der Waals surface area contributed by atoms with Gasteiger partial charge < -0.3 is 10.2 Å². The van der Waals surface area contributed by atoms with Gasteiger partial charge in [-0.1, -0.05) is 36.4 Å². The van der Waals surface area contributed by atoms with E-state index in [2.05, 4.69) is 5.32 Å². The quantitative estimate of drug-likeness (QED) is 0.744.